The van der Waals surface area contributed by atoms with Crippen LogP contribution in [-0.2, 0) is 4.74 Å². The molecule has 122 valence electrons. The van der Waals surface area contributed by atoms with E-state index in [1.807, 2.05) is 7.05 Å². The van der Waals surface area contributed by atoms with Crippen molar-refractivity contribution < 1.29 is 13.9 Å². The van der Waals surface area contributed by atoms with Gasteiger partial charge >= 0.3 is 6.03 Å². The molecule has 3 N–H and O–H groups in total. The van der Waals surface area contributed by atoms with Crippen molar-refractivity contribution in [1.29, 1.82) is 0 Å². The Morgan fingerprint density at radius 2 is 2.14 bits per heavy atom. The molecule has 0 bridgehead atoms. The summed E-state index contributed by atoms with van der Waals surface area (Å²) in [5.74, 6) is 0.918. The van der Waals surface area contributed by atoms with Crippen molar-refractivity contribution in [2.24, 2.45) is 17.6 Å². The van der Waals surface area contributed by atoms with Crippen LogP contribution in [0.2, 0.25) is 0 Å². The van der Waals surface area contributed by atoms with E-state index in [0.717, 1.165) is 25.8 Å². The largest absolute Gasteiger partial charge is 0.374 e. The summed E-state index contributed by atoms with van der Waals surface area (Å²) >= 11 is 0. The Labute approximate surface area is 126 Å². The fraction of sp³-hybridized carbons (Fsp3) is 0.933. The van der Waals surface area contributed by atoms with Crippen LogP contribution in [-0.4, -0.2) is 56.5 Å². The summed E-state index contributed by atoms with van der Waals surface area (Å²) < 4.78 is 19.1. The van der Waals surface area contributed by atoms with Crippen molar-refractivity contribution in [3.05, 3.63) is 0 Å². The lowest BCUT2D eigenvalue weighted by Gasteiger charge is -2.38. The van der Waals surface area contributed by atoms with E-state index in [1.165, 1.54) is 0 Å². The Bertz CT molecular complexity index is 335. The number of primary amides is 1. The molecule has 0 aromatic heterocycles. The van der Waals surface area contributed by atoms with E-state index in [-0.39, 0.29) is 12.1 Å². The number of nitrogens with two attached hydrogens (primary N) is 1. The SMILES string of the molecule is CNC[C@H](C[C@H]1CC[C@H](F)CC1)C1CN(C(N)=O)CCO1. The zero-order valence-corrected chi connectivity index (χ0v) is 12.9. The molecular weight excluding hydrogens is 273 g/mol. The van der Waals surface area contributed by atoms with Gasteiger partial charge in [-0.1, -0.05) is 0 Å². The first-order chi connectivity index (χ1) is 10.1. The molecule has 0 aromatic rings. The van der Waals surface area contributed by atoms with Crippen LogP contribution in [0.3, 0.4) is 0 Å². The number of ether oxygens (including phenoxy) is 1. The second-order valence-electron chi connectivity index (χ2n) is 6.36. The highest BCUT2D eigenvalue weighted by atomic mass is 19.1. The Morgan fingerprint density at radius 1 is 1.43 bits per heavy atom. The van der Waals surface area contributed by atoms with Gasteiger partial charge in [0.05, 0.1) is 12.7 Å². The van der Waals surface area contributed by atoms with Gasteiger partial charge in [0.15, 0.2) is 0 Å². The van der Waals surface area contributed by atoms with Gasteiger partial charge in [0.1, 0.15) is 6.17 Å². The number of alkyl halides is 1. The number of hydrogen-bond acceptors (Lipinski definition) is 3. The molecule has 1 heterocycles. The van der Waals surface area contributed by atoms with Crippen molar-refractivity contribution in [1.82, 2.24) is 10.2 Å². The van der Waals surface area contributed by atoms with Crippen molar-refractivity contribution in [2.45, 2.75) is 44.4 Å². The van der Waals surface area contributed by atoms with Gasteiger partial charge in [0.2, 0.25) is 0 Å². The third kappa shape index (κ3) is 4.81. The zero-order valence-electron chi connectivity index (χ0n) is 12.9. The molecule has 2 rings (SSSR count). The molecule has 0 aromatic carbocycles. The number of halogens is 1. The van der Waals surface area contributed by atoms with Gasteiger partial charge in [-0.25, -0.2) is 9.18 Å². The molecule has 1 unspecified atom stereocenters. The minimum Gasteiger partial charge on any atom is -0.374 e. The third-order valence-electron chi connectivity index (χ3n) is 4.81. The molecule has 5 nitrogen and oxygen atoms in total. The van der Waals surface area contributed by atoms with Crippen molar-refractivity contribution >= 4 is 6.03 Å². The quantitative estimate of drug-likeness (QED) is 0.809. The monoisotopic (exact) mass is 301 g/mol. The third-order valence-corrected chi connectivity index (χ3v) is 4.81. The van der Waals surface area contributed by atoms with Crippen molar-refractivity contribution in [3.8, 4) is 0 Å². The highest BCUT2D eigenvalue weighted by molar-refractivity contribution is 5.72. The number of rotatable bonds is 5. The van der Waals surface area contributed by atoms with Crippen molar-refractivity contribution in [3.63, 3.8) is 0 Å². The Morgan fingerprint density at radius 3 is 2.76 bits per heavy atom. The molecule has 1 aliphatic carbocycles. The van der Waals surface area contributed by atoms with Crippen LogP contribution >= 0.6 is 0 Å². The summed E-state index contributed by atoms with van der Waals surface area (Å²) in [7, 11) is 1.93. The smallest absolute Gasteiger partial charge is 0.314 e. The van der Waals surface area contributed by atoms with Crippen LogP contribution in [0.25, 0.3) is 0 Å². The number of nitrogens with zero attached hydrogens (tertiary/aromatic N) is 1. The first-order valence-corrected chi connectivity index (χ1v) is 8.04. The molecule has 0 radical (unpaired) electrons. The standard InChI is InChI=1S/C15H28FN3O2/c1-18-9-12(8-11-2-4-13(16)5-3-11)14-10-19(15(17)20)6-7-21-14/h11-14,18H,2-10H2,1H3,(H2,17,20)/t11-,12-,13-,14?/m0/s1. The lowest BCUT2D eigenvalue weighted by Crippen LogP contribution is -2.51. The molecule has 21 heavy (non-hydrogen) atoms. The first-order valence-electron chi connectivity index (χ1n) is 8.04. The Kier molecular flexibility index (Phi) is 6.23. The first kappa shape index (κ1) is 16.5. The van der Waals surface area contributed by atoms with Gasteiger partial charge in [0, 0.05) is 19.6 Å². The maximum absolute atomic E-state index is 13.2. The topological polar surface area (TPSA) is 67.6 Å². The lowest BCUT2D eigenvalue weighted by atomic mass is 9.80. The van der Waals surface area contributed by atoms with Crippen LogP contribution in [0.5, 0.6) is 0 Å². The molecule has 0 spiro atoms. The number of hydrogen-bond donors (Lipinski definition) is 2. The highest BCUT2D eigenvalue weighted by Gasteiger charge is 2.32. The fourth-order valence-corrected chi connectivity index (χ4v) is 3.58. The van der Waals surface area contributed by atoms with E-state index in [2.05, 4.69) is 5.32 Å². The van der Waals surface area contributed by atoms with E-state index in [4.69, 9.17) is 10.5 Å². The van der Waals surface area contributed by atoms with Crippen LogP contribution in [0, 0.1) is 11.8 Å². The highest BCUT2D eigenvalue weighted by Crippen LogP contribution is 2.32. The second-order valence-corrected chi connectivity index (χ2v) is 6.36. The van der Waals surface area contributed by atoms with Crippen LogP contribution in [0.15, 0.2) is 0 Å². The lowest BCUT2D eigenvalue weighted by molar-refractivity contribution is -0.0496. The molecule has 2 fully saturated rings. The Balaban J connectivity index is 1.89. The summed E-state index contributed by atoms with van der Waals surface area (Å²) in [5.41, 5.74) is 5.38. The van der Waals surface area contributed by atoms with Gasteiger partial charge < -0.3 is 20.7 Å². The molecule has 2 atom stereocenters. The minimum atomic E-state index is -0.611. The van der Waals surface area contributed by atoms with E-state index < -0.39 is 6.17 Å². The summed E-state index contributed by atoms with van der Waals surface area (Å²) in [4.78, 5) is 13.0. The van der Waals surface area contributed by atoms with Gasteiger partial charge in [-0.05, 0) is 51.0 Å². The number of carbonyl (C=O) groups is 1. The minimum absolute atomic E-state index is 0.0294. The van der Waals surface area contributed by atoms with Crippen LogP contribution in [0.1, 0.15) is 32.1 Å². The molecular formula is C15H28FN3O2. The second kappa shape index (κ2) is 7.94. The normalized spacial score (nSPS) is 31.9. The number of nitrogens with one attached hydrogen (secondary N) is 1. The zero-order chi connectivity index (χ0) is 15.2. The molecule has 1 aliphatic heterocycles. The average molecular weight is 301 g/mol. The number of amides is 2. The molecule has 2 amide bonds. The van der Waals surface area contributed by atoms with E-state index in [0.29, 0.717) is 44.4 Å². The van der Waals surface area contributed by atoms with Crippen molar-refractivity contribution in [2.75, 3.05) is 33.3 Å². The molecule has 1 saturated heterocycles. The van der Waals surface area contributed by atoms with Gasteiger partial charge in [-0.15, -0.1) is 0 Å². The maximum atomic E-state index is 13.2. The summed E-state index contributed by atoms with van der Waals surface area (Å²) in [6.45, 7) is 2.54. The summed E-state index contributed by atoms with van der Waals surface area (Å²) in [5, 5.41) is 3.22. The molecule has 2 aliphatic rings. The summed E-state index contributed by atoms with van der Waals surface area (Å²) in [6.07, 6.45) is 3.76. The van der Waals surface area contributed by atoms with E-state index >= 15 is 0 Å². The summed E-state index contributed by atoms with van der Waals surface area (Å²) in [6, 6.07) is -0.371. The van der Waals surface area contributed by atoms with Crippen LogP contribution < -0.4 is 11.1 Å². The predicted octanol–water partition coefficient (Wildman–Crippen LogP) is 1.52. The number of carbonyl (C=O) groups excluding carboxylic acids is 1. The molecule has 1 saturated carbocycles. The van der Waals surface area contributed by atoms with Crippen LogP contribution in [0.4, 0.5) is 9.18 Å². The predicted molar refractivity (Wildman–Crippen MR) is 79.8 cm³/mol. The number of morpholine rings is 1. The molecule has 6 heteroatoms. The van der Waals surface area contributed by atoms with Gasteiger partial charge in [-0.3, -0.25) is 0 Å². The van der Waals surface area contributed by atoms with Gasteiger partial charge in [-0.2, -0.15) is 0 Å². The number of urea groups is 1. The van der Waals surface area contributed by atoms with Gasteiger partial charge in [0.25, 0.3) is 0 Å². The average Bonchev–Trinajstić information content (AvgIpc) is 2.49. The van der Waals surface area contributed by atoms with E-state index in [9.17, 15) is 9.18 Å². The maximum Gasteiger partial charge on any atom is 0.314 e. The van der Waals surface area contributed by atoms with E-state index in [1.54, 1.807) is 4.90 Å². The Hall–Kier alpha value is -0.880. The fourth-order valence-electron chi connectivity index (χ4n) is 3.58.